The number of terminal acetylenes is 1. The molecule has 2 saturated heterocycles. The second kappa shape index (κ2) is 28.9. The predicted octanol–water partition coefficient (Wildman–Crippen LogP) is -1.16. The lowest BCUT2D eigenvalue weighted by molar-refractivity contribution is -0.139. The molecule has 6 rings (SSSR count). The van der Waals surface area contributed by atoms with Gasteiger partial charge in [0.15, 0.2) is 0 Å². The summed E-state index contributed by atoms with van der Waals surface area (Å²) in [5.74, 6) is 2.77. The van der Waals surface area contributed by atoms with Gasteiger partial charge in [0.25, 0.3) is 0 Å². The van der Waals surface area contributed by atoms with Crippen LogP contribution in [-0.4, -0.2) is 181 Å². The summed E-state index contributed by atoms with van der Waals surface area (Å²) in [6.45, 7) is 13.7. The number of anilines is 3. The lowest BCUT2D eigenvalue weighted by atomic mass is 9.98. The zero-order valence-corrected chi connectivity index (χ0v) is 43.1. The zero-order chi connectivity index (χ0) is 51.6. The van der Waals surface area contributed by atoms with Crippen molar-refractivity contribution in [2.45, 2.75) is 84.0 Å². The summed E-state index contributed by atoms with van der Waals surface area (Å²) in [6.07, 6.45) is 10.3. The average molecular weight is 1040 g/mol. The van der Waals surface area contributed by atoms with Crippen molar-refractivity contribution in [3.05, 3.63) is 53.6 Å². The molecular formula is C48H72ClN16O8-. The van der Waals surface area contributed by atoms with Gasteiger partial charge >= 0.3 is 5.97 Å². The first-order valence-electron chi connectivity index (χ1n) is 24.8. The molecule has 24 nitrogen and oxygen atoms in total. The minimum Gasteiger partial charge on any atom is -1.00 e. The van der Waals surface area contributed by atoms with Crippen molar-refractivity contribution in [1.82, 2.24) is 54.7 Å². The van der Waals surface area contributed by atoms with Crippen LogP contribution in [0.4, 0.5) is 17.8 Å². The highest BCUT2D eigenvalue weighted by molar-refractivity contribution is 5.82. The lowest BCUT2D eigenvalue weighted by Gasteiger charge is -2.38. The number of rotatable bonds is 28. The molecule has 2 aliphatic heterocycles. The first kappa shape index (κ1) is 57.7. The molecule has 7 N–H and O–H groups in total. The van der Waals surface area contributed by atoms with Crippen LogP contribution in [0.3, 0.4) is 0 Å². The average Bonchev–Trinajstić information content (AvgIpc) is 4.09. The third kappa shape index (κ3) is 16.9. The van der Waals surface area contributed by atoms with Crippen molar-refractivity contribution < 1.29 is 51.2 Å². The number of carbonyl (C=O) groups is 3. The fourth-order valence-electron chi connectivity index (χ4n) is 8.36. The molecule has 1 aromatic carbocycles. The molecule has 2 aliphatic rings. The number of amides is 2. The van der Waals surface area contributed by atoms with Crippen LogP contribution in [0, 0.1) is 24.2 Å². The lowest BCUT2D eigenvalue weighted by Crippen LogP contribution is -3.00. The van der Waals surface area contributed by atoms with Gasteiger partial charge in [0.1, 0.15) is 24.4 Å². The molecule has 2 amide bonds. The van der Waals surface area contributed by atoms with Crippen LogP contribution in [0.1, 0.15) is 94.5 Å². The number of halogens is 1. The van der Waals surface area contributed by atoms with E-state index in [2.05, 4.69) is 45.7 Å². The Hall–Kier alpha value is -6.23. The van der Waals surface area contributed by atoms with Crippen molar-refractivity contribution in [2.24, 2.45) is 23.3 Å². The van der Waals surface area contributed by atoms with Crippen LogP contribution >= 0.6 is 0 Å². The second-order valence-electron chi connectivity index (χ2n) is 18.5. The zero-order valence-electron chi connectivity index (χ0n) is 42.3. The van der Waals surface area contributed by atoms with E-state index in [1.807, 2.05) is 28.5 Å². The van der Waals surface area contributed by atoms with Gasteiger partial charge in [-0.2, -0.15) is 15.0 Å². The highest BCUT2D eigenvalue weighted by Crippen LogP contribution is 2.27. The number of carbonyl (C=O) groups excluding carboxylic acids is 2. The van der Waals surface area contributed by atoms with Gasteiger partial charge in [-0.15, -0.1) is 16.6 Å². The van der Waals surface area contributed by atoms with Gasteiger partial charge in [0.2, 0.25) is 29.7 Å². The van der Waals surface area contributed by atoms with Crippen LogP contribution in [-0.2, 0) is 35.0 Å². The molecule has 5 heterocycles. The predicted molar refractivity (Wildman–Crippen MR) is 267 cm³/mol. The molecule has 5 unspecified atom stereocenters. The molecule has 0 bridgehead atoms. The molecule has 0 aliphatic carbocycles. The Kier molecular flexibility index (Phi) is 22.8. The Morgan fingerprint density at radius 1 is 0.767 bits per heavy atom. The summed E-state index contributed by atoms with van der Waals surface area (Å²) in [4.78, 5) is 62.4. The summed E-state index contributed by atoms with van der Waals surface area (Å²) >= 11 is 0. The normalized spacial score (nSPS) is 16.1. The van der Waals surface area contributed by atoms with Crippen LogP contribution < -0.4 is 39.0 Å². The fraction of sp³-hybridized carbons (Fsp3) is 0.625. The second-order valence-corrected chi connectivity index (χ2v) is 18.5. The maximum absolute atomic E-state index is 14.5. The smallest absolute Gasteiger partial charge is 0.303 e. The van der Waals surface area contributed by atoms with Gasteiger partial charge in [-0.05, 0) is 42.4 Å². The molecule has 25 heteroatoms. The molecule has 0 spiro atoms. The summed E-state index contributed by atoms with van der Waals surface area (Å²) in [7, 11) is 0. The third-order valence-electron chi connectivity index (χ3n) is 12.8. The van der Waals surface area contributed by atoms with Gasteiger partial charge in [-0.3, -0.25) is 14.4 Å². The van der Waals surface area contributed by atoms with Gasteiger partial charge < -0.3 is 73.2 Å². The van der Waals surface area contributed by atoms with Crippen molar-refractivity contribution in [3.8, 4) is 18.1 Å². The number of carboxylic acids is 1. The quantitative estimate of drug-likeness (QED) is 0.0331. The molecule has 3 aromatic heterocycles. The summed E-state index contributed by atoms with van der Waals surface area (Å²) in [6, 6.07) is 4.47. The number of carboxylic acid groups (broad SMARTS) is 1. The minimum atomic E-state index is -1.02. The van der Waals surface area contributed by atoms with E-state index in [1.165, 1.54) is 4.68 Å². The van der Waals surface area contributed by atoms with Gasteiger partial charge in [0.05, 0.1) is 68.9 Å². The first-order chi connectivity index (χ1) is 34.7. The molecule has 2 fully saturated rings. The number of nitrogens with two attached hydrogens (primary N) is 2. The number of hydrogen-bond donors (Lipinski definition) is 5. The van der Waals surface area contributed by atoms with Crippen LogP contribution in [0.5, 0.6) is 5.75 Å². The molecule has 4 aromatic rings. The minimum absolute atomic E-state index is 0. The number of phenolic OH excluding ortho intramolecular Hbond substituents is 1. The Bertz CT molecular complexity index is 2370. The summed E-state index contributed by atoms with van der Waals surface area (Å²) in [5.41, 5.74) is 14.9. The number of aromatic nitrogens is 9. The number of aliphatic carboxylic acids is 1. The highest BCUT2D eigenvalue weighted by Gasteiger charge is 2.34. The van der Waals surface area contributed by atoms with E-state index >= 15 is 0 Å². The van der Waals surface area contributed by atoms with Crippen LogP contribution in [0.15, 0.2) is 36.7 Å². The molecule has 5 atom stereocenters. The summed E-state index contributed by atoms with van der Waals surface area (Å²) in [5, 5.41) is 40.0. The van der Waals surface area contributed by atoms with Gasteiger partial charge in [-0.25, -0.2) is 9.36 Å². The van der Waals surface area contributed by atoms with Crippen molar-refractivity contribution in [1.29, 1.82) is 0 Å². The van der Waals surface area contributed by atoms with Crippen molar-refractivity contribution in [3.63, 3.8) is 0 Å². The summed E-state index contributed by atoms with van der Waals surface area (Å²) < 4.78 is 19.6. The highest BCUT2D eigenvalue weighted by atomic mass is 35.5. The monoisotopic (exact) mass is 1040 g/mol. The van der Waals surface area contributed by atoms with E-state index in [1.54, 1.807) is 46.2 Å². The number of aromatic hydroxyl groups is 1. The van der Waals surface area contributed by atoms with E-state index in [0.717, 1.165) is 18.4 Å². The number of benzene rings is 1. The number of phenols is 1. The molecular weight excluding hydrogens is 964 g/mol. The third-order valence-corrected chi connectivity index (χ3v) is 12.8. The maximum Gasteiger partial charge on any atom is 0.303 e. The van der Waals surface area contributed by atoms with Crippen molar-refractivity contribution in [2.75, 3.05) is 114 Å². The Morgan fingerprint density at radius 2 is 1.30 bits per heavy atom. The van der Waals surface area contributed by atoms with Crippen molar-refractivity contribution >= 4 is 35.6 Å². The SMILES string of the molecule is C#CCOCCOCCOCCNc1nc(N2CCN(C(=O)C(Cc3ccc(O)cc3)n3cc(C(N)CC(C)C)nn3)CC2)nc(N2CCN(C(=O)C(CCC(=O)O)n3cc(C(N)C(C)CC)nn3)CC2)n1.[Cl-]. The first-order valence-corrected chi connectivity index (χ1v) is 24.8. The Labute approximate surface area is 432 Å². The van der Waals surface area contributed by atoms with E-state index in [-0.39, 0.29) is 67.4 Å². The van der Waals surface area contributed by atoms with E-state index in [4.69, 9.17) is 47.1 Å². The molecule has 0 radical (unpaired) electrons. The number of hydrogen-bond acceptors (Lipinski definition) is 19. The molecule has 0 saturated carbocycles. The number of nitrogens with one attached hydrogen (secondary N) is 1. The van der Waals surface area contributed by atoms with E-state index in [9.17, 15) is 24.6 Å². The maximum atomic E-state index is 14.5. The standard InChI is InChI=1S/C48H72N16O8.ClH/c1-6-23-70-25-27-72-28-26-71-24-14-51-46-52-47(61-19-15-59(16-20-61)44(68)40(12-13-42(66)67)63-32-39(56-58-63)43(50)34(5)7-2)54-48(53-46)62-21-17-60(18-22-62)45(69)41(30-35-8-10-36(65)11-9-35)64-31-38(55-57-64)37(49)29-33(3)4;/h1,8-11,31-34,37,40-41,43,65H,7,12-30,49-50H2,2-5H3,(H,66,67)(H,51,52,53,54);1H/p-1. The number of nitrogens with zero attached hydrogens (tertiary/aromatic N) is 13. The molecule has 400 valence electrons. The van der Waals surface area contributed by atoms with Gasteiger partial charge in [-0.1, -0.05) is 62.6 Å². The number of piperazine rings is 2. The molecule has 73 heavy (non-hydrogen) atoms. The number of ether oxygens (including phenoxy) is 3. The Morgan fingerprint density at radius 3 is 1.86 bits per heavy atom. The van der Waals surface area contributed by atoms with Crippen LogP contribution in [0.2, 0.25) is 0 Å². The Balaban J connectivity index is 0.00000988. The van der Waals surface area contributed by atoms with Crippen LogP contribution in [0.25, 0.3) is 0 Å². The van der Waals surface area contributed by atoms with E-state index in [0.29, 0.717) is 134 Å². The fourth-order valence-corrected chi connectivity index (χ4v) is 8.36. The van der Waals surface area contributed by atoms with Gasteiger partial charge in [0, 0.05) is 71.7 Å². The van der Waals surface area contributed by atoms with E-state index < -0.39 is 18.1 Å². The topological polar surface area (TPSA) is 296 Å². The largest absolute Gasteiger partial charge is 1.00 e.